The van der Waals surface area contributed by atoms with E-state index in [0.717, 1.165) is 27.7 Å². The van der Waals surface area contributed by atoms with Gasteiger partial charge in [-0.15, -0.1) is 11.8 Å². The molecule has 0 atom stereocenters. The SMILES string of the molecule is CCSc1cccnc1CNC(=O)N(c1ccccc1)c1ccccc1. The highest BCUT2D eigenvalue weighted by Crippen LogP contribution is 2.25. The molecule has 0 fully saturated rings. The van der Waals surface area contributed by atoms with E-state index in [0.29, 0.717) is 6.54 Å². The second-order valence-electron chi connectivity index (χ2n) is 5.55. The zero-order valence-electron chi connectivity index (χ0n) is 14.6. The lowest BCUT2D eigenvalue weighted by molar-refractivity contribution is 0.248. The Bertz CT molecular complexity index is 801. The number of thioether (sulfide) groups is 1. The number of anilines is 2. The monoisotopic (exact) mass is 363 g/mol. The Morgan fingerprint density at radius 3 is 2.15 bits per heavy atom. The van der Waals surface area contributed by atoms with Gasteiger partial charge in [-0.05, 0) is 42.2 Å². The lowest BCUT2D eigenvalue weighted by Gasteiger charge is -2.23. The number of carbonyl (C=O) groups is 1. The predicted octanol–water partition coefficient (Wildman–Crippen LogP) is 5.24. The molecule has 4 nitrogen and oxygen atoms in total. The van der Waals surface area contributed by atoms with Crippen LogP contribution in [0.15, 0.2) is 83.9 Å². The molecule has 0 bridgehead atoms. The van der Waals surface area contributed by atoms with Crippen molar-refractivity contribution in [1.29, 1.82) is 0 Å². The Labute approximate surface area is 158 Å². The number of aromatic nitrogens is 1. The molecule has 0 spiro atoms. The molecule has 26 heavy (non-hydrogen) atoms. The molecule has 0 unspecified atom stereocenters. The predicted molar refractivity (Wildman–Crippen MR) is 108 cm³/mol. The Hall–Kier alpha value is -2.79. The summed E-state index contributed by atoms with van der Waals surface area (Å²) >= 11 is 1.73. The lowest BCUT2D eigenvalue weighted by Crippen LogP contribution is -2.36. The molecule has 1 N–H and O–H groups in total. The van der Waals surface area contributed by atoms with Gasteiger partial charge in [-0.1, -0.05) is 43.3 Å². The highest BCUT2D eigenvalue weighted by Gasteiger charge is 2.18. The number of rotatable bonds is 6. The number of hydrogen-bond donors (Lipinski definition) is 1. The van der Waals surface area contributed by atoms with E-state index >= 15 is 0 Å². The van der Waals surface area contributed by atoms with Crippen LogP contribution in [0.1, 0.15) is 12.6 Å². The van der Waals surface area contributed by atoms with Gasteiger partial charge in [0, 0.05) is 11.1 Å². The van der Waals surface area contributed by atoms with Crippen molar-refractivity contribution in [3.8, 4) is 0 Å². The molecule has 0 aliphatic carbocycles. The topological polar surface area (TPSA) is 45.2 Å². The molecule has 0 saturated heterocycles. The third-order valence-electron chi connectivity index (χ3n) is 3.79. The van der Waals surface area contributed by atoms with Crippen molar-refractivity contribution in [1.82, 2.24) is 10.3 Å². The maximum atomic E-state index is 13.0. The van der Waals surface area contributed by atoms with Gasteiger partial charge in [-0.3, -0.25) is 9.88 Å². The Morgan fingerprint density at radius 2 is 1.58 bits per heavy atom. The molecule has 132 valence electrons. The van der Waals surface area contributed by atoms with Gasteiger partial charge in [-0.2, -0.15) is 0 Å². The fraction of sp³-hybridized carbons (Fsp3) is 0.143. The van der Waals surface area contributed by atoms with E-state index in [9.17, 15) is 4.79 Å². The van der Waals surface area contributed by atoms with Crippen molar-refractivity contribution in [2.45, 2.75) is 18.4 Å². The largest absolute Gasteiger partial charge is 0.332 e. The minimum absolute atomic E-state index is 0.180. The highest BCUT2D eigenvalue weighted by molar-refractivity contribution is 7.99. The first kappa shape index (κ1) is 18.0. The molecule has 3 rings (SSSR count). The van der Waals surface area contributed by atoms with Crippen LogP contribution < -0.4 is 10.2 Å². The van der Waals surface area contributed by atoms with Crippen LogP contribution in [0.5, 0.6) is 0 Å². The summed E-state index contributed by atoms with van der Waals surface area (Å²) in [5.41, 5.74) is 2.52. The quantitative estimate of drug-likeness (QED) is 0.609. The van der Waals surface area contributed by atoms with Crippen LogP contribution in [0.4, 0.5) is 16.2 Å². The maximum absolute atomic E-state index is 13.0. The van der Waals surface area contributed by atoms with Crippen molar-refractivity contribution in [3.63, 3.8) is 0 Å². The van der Waals surface area contributed by atoms with Gasteiger partial charge in [0.1, 0.15) is 0 Å². The van der Waals surface area contributed by atoms with Gasteiger partial charge in [-0.25, -0.2) is 4.79 Å². The molecule has 1 aromatic heterocycles. The zero-order chi connectivity index (χ0) is 18.2. The molecule has 1 heterocycles. The van der Waals surface area contributed by atoms with E-state index in [1.54, 1.807) is 22.9 Å². The Kier molecular flexibility index (Phi) is 6.28. The molecular weight excluding hydrogens is 342 g/mol. The number of urea groups is 1. The number of hydrogen-bond acceptors (Lipinski definition) is 3. The minimum atomic E-state index is -0.180. The van der Waals surface area contributed by atoms with Crippen molar-refractivity contribution in [2.24, 2.45) is 0 Å². The number of nitrogens with one attached hydrogen (secondary N) is 1. The van der Waals surface area contributed by atoms with Crippen LogP contribution in [0, 0.1) is 0 Å². The van der Waals surface area contributed by atoms with E-state index in [1.165, 1.54) is 0 Å². The second-order valence-corrected chi connectivity index (χ2v) is 6.85. The second kappa shape index (κ2) is 9.06. The average molecular weight is 363 g/mol. The fourth-order valence-electron chi connectivity index (χ4n) is 2.62. The summed E-state index contributed by atoms with van der Waals surface area (Å²) in [5, 5.41) is 3.01. The van der Waals surface area contributed by atoms with Crippen molar-refractivity contribution in [3.05, 3.63) is 84.7 Å². The molecular formula is C21H21N3OS. The number of pyridine rings is 1. The average Bonchev–Trinajstić information content (AvgIpc) is 2.69. The smallest absolute Gasteiger partial charge is 0.326 e. The van der Waals surface area contributed by atoms with Gasteiger partial charge in [0.25, 0.3) is 0 Å². The first-order chi connectivity index (χ1) is 12.8. The van der Waals surface area contributed by atoms with Crippen LogP contribution in [0.25, 0.3) is 0 Å². The van der Waals surface area contributed by atoms with E-state index in [4.69, 9.17) is 0 Å². The van der Waals surface area contributed by atoms with Crippen LogP contribution in [-0.4, -0.2) is 16.8 Å². The van der Waals surface area contributed by atoms with Gasteiger partial charge < -0.3 is 5.32 Å². The molecule has 2 aromatic carbocycles. The van der Waals surface area contributed by atoms with E-state index in [1.807, 2.05) is 72.8 Å². The van der Waals surface area contributed by atoms with Gasteiger partial charge >= 0.3 is 6.03 Å². The van der Waals surface area contributed by atoms with Crippen molar-refractivity contribution < 1.29 is 4.79 Å². The van der Waals surface area contributed by atoms with E-state index in [2.05, 4.69) is 17.2 Å². The summed E-state index contributed by atoms with van der Waals surface area (Å²) in [5.74, 6) is 0.965. The Balaban J connectivity index is 1.81. The molecule has 2 amide bonds. The summed E-state index contributed by atoms with van der Waals surface area (Å²) in [6.07, 6.45) is 1.76. The minimum Gasteiger partial charge on any atom is -0.332 e. The van der Waals surface area contributed by atoms with Gasteiger partial charge in [0.15, 0.2) is 0 Å². The normalized spacial score (nSPS) is 10.3. The summed E-state index contributed by atoms with van der Waals surface area (Å²) in [6.45, 7) is 2.49. The fourth-order valence-corrected chi connectivity index (χ4v) is 3.40. The van der Waals surface area contributed by atoms with Crippen LogP contribution in [0.2, 0.25) is 0 Å². The van der Waals surface area contributed by atoms with Crippen LogP contribution in [-0.2, 0) is 6.54 Å². The van der Waals surface area contributed by atoms with Gasteiger partial charge in [0.2, 0.25) is 0 Å². The zero-order valence-corrected chi connectivity index (χ0v) is 15.4. The first-order valence-corrected chi connectivity index (χ1v) is 9.53. The van der Waals surface area contributed by atoms with Crippen LogP contribution >= 0.6 is 11.8 Å². The summed E-state index contributed by atoms with van der Waals surface area (Å²) < 4.78 is 0. The number of amides is 2. The highest BCUT2D eigenvalue weighted by atomic mass is 32.2. The van der Waals surface area contributed by atoms with E-state index in [-0.39, 0.29) is 6.03 Å². The number of nitrogens with zero attached hydrogens (tertiary/aromatic N) is 2. The lowest BCUT2D eigenvalue weighted by atomic mass is 10.2. The number of benzene rings is 2. The third-order valence-corrected chi connectivity index (χ3v) is 4.76. The molecule has 0 aliphatic rings. The summed E-state index contributed by atoms with van der Waals surface area (Å²) in [4.78, 5) is 20.2. The van der Waals surface area contributed by atoms with Crippen molar-refractivity contribution in [2.75, 3.05) is 10.7 Å². The summed E-state index contributed by atoms with van der Waals surface area (Å²) in [7, 11) is 0. The van der Waals surface area contributed by atoms with Crippen LogP contribution in [0.3, 0.4) is 0 Å². The van der Waals surface area contributed by atoms with Gasteiger partial charge in [0.05, 0.1) is 23.6 Å². The molecule has 3 aromatic rings. The Morgan fingerprint density at radius 1 is 0.962 bits per heavy atom. The standard InChI is InChI=1S/C21H21N3OS/c1-2-26-20-14-9-15-22-19(20)16-23-21(25)24(17-10-5-3-6-11-17)18-12-7-4-8-13-18/h3-15H,2,16H2,1H3,(H,23,25). The number of carbonyl (C=O) groups excluding carboxylic acids is 1. The number of para-hydroxylation sites is 2. The van der Waals surface area contributed by atoms with Crippen molar-refractivity contribution >= 4 is 29.2 Å². The maximum Gasteiger partial charge on any atom is 0.326 e. The first-order valence-electron chi connectivity index (χ1n) is 8.54. The summed E-state index contributed by atoms with van der Waals surface area (Å²) in [6, 6.07) is 23.0. The molecule has 0 aliphatic heterocycles. The molecule has 0 radical (unpaired) electrons. The molecule has 0 saturated carbocycles. The molecule has 5 heteroatoms. The van der Waals surface area contributed by atoms with E-state index < -0.39 is 0 Å². The third kappa shape index (κ3) is 4.43.